The van der Waals surface area contributed by atoms with Crippen LogP contribution in [-0.4, -0.2) is 19.6 Å². The van der Waals surface area contributed by atoms with Gasteiger partial charge in [-0.05, 0) is 54.7 Å². The first-order valence-corrected chi connectivity index (χ1v) is 9.36. The summed E-state index contributed by atoms with van der Waals surface area (Å²) in [6, 6.07) is 13.6. The number of ether oxygens (including phenoxy) is 1. The highest BCUT2D eigenvalue weighted by Gasteiger charge is 2.32. The molecule has 2 aromatic carbocycles. The van der Waals surface area contributed by atoms with Crippen LogP contribution < -0.4 is 15.4 Å². The molecule has 0 heterocycles. The van der Waals surface area contributed by atoms with Crippen LogP contribution in [0.3, 0.4) is 0 Å². The summed E-state index contributed by atoms with van der Waals surface area (Å²) in [5, 5.41) is 6.74. The Morgan fingerprint density at radius 2 is 2.00 bits per heavy atom. The van der Waals surface area contributed by atoms with Gasteiger partial charge in [-0.3, -0.25) is 4.79 Å². The first-order chi connectivity index (χ1) is 12.1. The van der Waals surface area contributed by atoms with E-state index in [0.717, 1.165) is 10.2 Å². The number of rotatable bonds is 7. The third-order valence-corrected chi connectivity index (χ3v) is 5.06. The van der Waals surface area contributed by atoms with Gasteiger partial charge >= 0.3 is 0 Å². The van der Waals surface area contributed by atoms with Crippen LogP contribution in [0.2, 0.25) is 5.02 Å². The summed E-state index contributed by atoms with van der Waals surface area (Å²) >= 11 is 9.50. The highest BCUT2D eigenvalue weighted by Crippen LogP contribution is 2.41. The van der Waals surface area contributed by atoms with E-state index in [9.17, 15) is 4.79 Å². The van der Waals surface area contributed by atoms with Gasteiger partial charge in [-0.15, -0.1) is 0 Å². The Bertz CT molecular complexity index is 748. The number of amides is 1. The lowest BCUT2D eigenvalue weighted by Gasteiger charge is -2.19. The fraction of sp³-hybridized carbons (Fsp3) is 0.316. The van der Waals surface area contributed by atoms with Gasteiger partial charge < -0.3 is 15.4 Å². The van der Waals surface area contributed by atoms with E-state index < -0.39 is 0 Å². The zero-order valence-electron chi connectivity index (χ0n) is 13.9. The van der Waals surface area contributed by atoms with Crippen LogP contribution in [0.15, 0.2) is 46.9 Å². The maximum Gasteiger partial charge on any atom is 0.238 e. The molecule has 1 atom stereocenters. The molecule has 25 heavy (non-hydrogen) atoms. The monoisotopic (exact) mass is 422 g/mol. The van der Waals surface area contributed by atoms with E-state index in [2.05, 4.69) is 38.7 Å². The maximum atomic E-state index is 12.3. The van der Waals surface area contributed by atoms with E-state index in [1.165, 1.54) is 18.4 Å². The van der Waals surface area contributed by atoms with Crippen molar-refractivity contribution in [2.24, 2.45) is 5.92 Å². The number of nitrogens with one attached hydrogen (secondary N) is 2. The Morgan fingerprint density at radius 1 is 1.28 bits per heavy atom. The van der Waals surface area contributed by atoms with Crippen molar-refractivity contribution in [1.82, 2.24) is 5.32 Å². The minimum Gasteiger partial charge on any atom is -0.497 e. The van der Waals surface area contributed by atoms with Crippen molar-refractivity contribution in [3.05, 3.63) is 57.5 Å². The lowest BCUT2D eigenvalue weighted by Crippen LogP contribution is -2.32. The molecule has 0 bridgehead atoms. The molecular formula is C19H20BrClN2O2. The zero-order valence-corrected chi connectivity index (χ0v) is 16.2. The van der Waals surface area contributed by atoms with Gasteiger partial charge in [0.05, 0.1) is 24.4 Å². The van der Waals surface area contributed by atoms with Crippen molar-refractivity contribution in [2.75, 3.05) is 19.0 Å². The molecule has 0 spiro atoms. The van der Waals surface area contributed by atoms with Crippen molar-refractivity contribution in [3.8, 4) is 5.75 Å². The number of benzene rings is 2. The molecule has 1 saturated carbocycles. The number of carbonyl (C=O) groups excluding carboxylic acids is 1. The van der Waals surface area contributed by atoms with Crippen molar-refractivity contribution >= 4 is 39.1 Å². The molecule has 6 heteroatoms. The predicted molar refractivity (Wildman–Crippen MR) is 104 cm³/mol. The number of methoxy groups -OCH3 is 1. The Hall–Kier alpha value is -1.56. The molecule has 1 aliphatic rings. The standard InChI is InChI=1S/C19H20BrClN2O2/c1-25-15-7-4-13(5-8-15)19(12-2-3-12)22-11-18(24)23-17-9-6-14(20)10-16(17)21/h4-10,12,19,22H,2-3,11H2,1H3,(H,23,24). The summed E-state index contributed by atoms with van der Waals surface area (Å²) in [6.45, 7) is 0.236. The first-order valence-electron chi connectivity index (χ1n) is 8.19. The summed E-state index contributed by atoms with van der Waals surface area (Å²) in [7, 11) is 1.66. The Morgan fingerprint density at radius 3 is 2.60 bits per heavy atom. The van der Waals surface area contributed by atoms with Crippen molar-refractivity contribution in [1.29, 1.82) is 0 Å². The number of halogens is 2. The van der Waals surface area contributed by atoms with E-state index in [1.807, 2.05) is 18.2 Å². The molecular weight excluding hydrogens is 404 g/mol. The summed E-state index contributed by atoms with van der Waals surface area (Å²) < 4.78 is 6.09. The highest BCUT2D eigenvalue weighted by atomic mass is 79.9. The number of anilines is 1. The van der Waals surface area contributed by atoms with E-state index in [4.69, 9.17) is 16.3 Å². The minimum atomic E-state index is -0.108. The molecule has 0 radical (unpaired) electrons. The van der Waals surface area contributed by atoms with Gasteiger partial charge in [0.2, 0.25) is 5.91 Å². The van der Waals surface area contributed by atoms with Crippen LogP contribution in [0.4, 0.5) is 5.69 Å². The molecule has 4 nitrogen and oxygen atoms in total. The Balaban J connectivity index is 1.60. The molecule has 1 unspecified atom stereocenters. The summed E-state index contributed by atoms with van der Waals surface area (Å²) in [5.74, 6) is 1.31. The van der Waals surface area contributed by atoms with Crippen LogP contribution in [0.5, 0.6) is 5.75 Å². The normalized spacial score (nSPS) is 14.8. The lowest BCUT2D eigenvalue weighted by atomic mass is 10.0. The Kier molecular flexibility index (Phi) is 5.99. The van der Waals surface area contributed by atoms with E-state index in [0.29, 0.717) is 16.6 Å². The van der Waals surface area contributed by atoms with Crippen molar-refractivity contribution < 1.29 is 9.53 Å². The fourth-order valence-corrected chi connectivity index (χ4v) is 3.51. The van der Waals surface area contributed by atoms with Crippen LogP contribution >= 0.6 is 27.5 Å². The third-order valence-electron chi connectivity index (χ3n) is 4.26. The van der Waals surface area contributed by atoms with Gasteiger partial charge in [0, 0.05) is 10.5 Å². The first kappa shape index (κ1) is 18.2. The van der Waals surface area contributed by atoms with Crippen molar-refractivity contribution in [2.45, 2.75) is 18.9 Å². The molecule has 0 aromatic heterocycles. The van der Waals surface area contributed by atoms with Crippen LogP contribution in [0, 0.1) is 5.92 Å². The van der Waals surface area contributed by atoms with Gasteiger partial charge in [0.15, 0.2) is 0 Å². The second kappa shape index (κ2) is 8.21. The second-order valence-electron chi connectivity index (χ2n) is 6.14. The smallest absolute Gasteiger partial charge is 0.238 e. The SMILES string of the molecule is COc1ccc(C(NCC(=O)Nc2ccc(Br)cc2Cl)C2CC2)cc1. The quantitative estimate of drug-likeness (QED) is 0.673. The number of hydrogen-bond acceptors (Lipinski definition) is 3. The molecule has 0 saturated heterocycles. The van der Waals surface area contributed by atoms with Crippen molar-refractivity contribution in [3.63, 3.8) is 0 Å². The molecule has 132 valence electrons. The van der Waals surface area contributed by atoms with E-state index >= 15 is 0 Å². The average Bonchev–Trinajstić information content (AvgIpc) is 3.43. The summed E-state index contributed by atoms with van der Waals surface area (Å²) in [6.07, 6.45) is 2.37. The maximum absolute atomic E-state index is 12.3. The minimum absolute atomic E-state index is 0.108. The van der Waals surface area contributed by atoms with E-state index in [1.54, 1.807) is 19.2 Å². The second-order valence-corrected chi connectivity index (χ2v) is 7.46. The average molecular weight is 424 g/mol. The van der Waals surface area contributed by atoms with Crippen LogP contribution in [-0.2, 0) is 4.79 Å². The van der Waals surface area contributed by atoms with E-state index in [-0.39, 0.29) is 18.5 Å². The van der Waals surface area contributed by atoms with Crippen LogP contribution in [0.25, 0.3) is 0 Å². The predicted octanol–water partition coefficient (Wildman–Crippen LogP) is 4.79. The Labute approximate surface area is 161 Å². The fourth-order valence-electron chi connectivity index (χ4n) is 2.79. The summed E-state index contributed by atoms with van der Waals surface area (Å²) in [4.78, 5) is 12.3. The molecule has 1 fully saturated rings. The molecule has 3 rings (SSSR count). The largest absolute Gasteiger partial charge is 0.497 e. The van der Waals surface area contributed by atoms with Gasteiger partial charge in [-0.1, -0.05) is 39.7 Å². The van der Waals surface area contributed by atoms with Gasteiger partial charge in [-0.2, -0.15) is 0 Å². The summed E-state index contributed by atoms with van der Waals surface area (Å²) in [5.41, 5.74) is 1.79. The molecule has 2 aromatic rings. The highest BCUT2D eigenvalue weighted by molar-refractivity contribution is 9.10. The molecule has 1 amide bonds. The van der Waals surface area contributed by atoms with Gasteiger partial charge in [0.1, 0.15) is 5.75 Å². The molecule has 0 aliphatic heterocycles. The number of hydrogen-bond donors (Lipinski definition) is 2. The zero-order chi connectivity index (χ0) is 17.8. The number of carbonyl (C=O) groups is 1. The third kappa shape index (κ3) is 4.97. The topological polar surface area (TPSA) is 50.4 Å². The van der Waals surface area contributed by atoms with Gasteiger partial charge in [-0.25, -0.2) is 0 Å². The van der Waals surface area contributed by atoms with Gasteiger partial charge in [0.25, 0.3) is 0 Å². The molecule has 2 N–H and O–H groups in total. The van der Waals surface area contributed by atoms with Crippen LogP contribution in [0.1, 0.15) is 24.4 Å². The lowest BCUT2D eigenvalue weighted by molar-refractivity contribution is -0.115. The molecule has 1 aliphatic carbocycles.